The molecule has 216 valence electrons. The lowest BCUT2D eigenvalue weighted by Crippen LogP contribution is -2.35. The van der Waals surface area contributed by atoms with Gasteiger partial charge in [0, 0.05) is 44.6 Å². The molecule has 2 aromatic carbocycles. The number of benzene rings is 2. The van der Waals surface area contributed by atoms with E-state index in [-0.39, 0.29) is 48.8 Å². The first-order valence-electron chi connectivity index (χ1n) is 13.6. The van der Waals surface area contributed by atoms with Crippen LogP contribution in [0.15, 0.2) is 48.5 Å². The Kier molecular flexibility index (Phi) is 13.7. The molecule has 0 saturated heterocycles. The second-order valence-corrected chi connectivity index (χ2v) is 9.82. The highest BCUT2D eigenvalue weighted by Crippen LogP contribution is 2.23. The molecule has 0 aliphatic carbocycles. The molecule has 0 heterocycles. The molecule has 0 unspecified atom stereocenters. The van der Waals surface area contributed by atoms with E-state index in [1.54, 1.807) is 38.3 Å². The molecule has 0 aromatic heterocycles. The highest BCUT2D eigenvalue weighted by Gasteiger charge is 2.17. The van der Waals surface area contributed by atoms with E-state index in [0.717, 1.165) is 11.1 Å². The first-order valence-corrected chi connectivity index (χ1v) is 13.6. The molecule has 0 spiro atoms. The summed E-state index contributed by atoms with van der Waals surface area (Å²) in [7, 11) is 1.56. The summed E-state index contributed by atoms with van der Waals surface area (Å²) < 4.78 is 11.2. The van der Waals surface area contributed by atoms with Crippen molar-refractivity contribution in [1.29, 1.82) is 0 Å². The van der Waals surface area contributed by atoms with Crippen molar-refractivity contribution >= 4 is 31.6 Å². The van der Waals surface area contributed by atoms with Gasteiger partial charge in [-0.1, -0.05) is 24.3 Å². The predicted octanol–water partition coefficient (Wildman–Crippen LogP) is 1.73. The zero-order chi connectivity index (χ0) is 29.4. The van der Waals surface area contributed by atoms with Crippen LogP contribution in [0.2, 0.25) is 0 Å². The van der Waals surface area contributed by atoms with Gasteiger partial charge in [-0.25, -0.2) is 0 Å². The van der Waals surface area contributed by atoms with E-state index in [9.17, 15) is 19.2 Å². The summed E-state index contributed by atoms with van der Waals surface area (Å²) in [6.07, 6.45) is 1.74. The van der Waals surface area contributed by atoms with Crippen LogP contribution in [0.25, 0.3) is 11.1 Å². The number of carbonyl (C=O) groups excluding carboxylic acids is 4. The van der Waals surface area contributed by atoms with Crippen molar-refractivity contribution in [2.75, 3.05) is 32.8 Å². The van der Waals surface area contributed by atoms with E-state index in [1.165, 1.54) is 0 Å². The van der Waals surface area contributed by atoms with Crippen molar-refractivity contribution in [1.82, 2.24) is 21.2 Å². The Morgan fingerprint density at radius 2 is 1.50 bits per heavy atom. The van der Waals surface area contributed by atoms with Gasteiger partial charge < -0.3 is 30.7 Å². The zero-order valence-corrected chi connectivity index (χ0v) is 23.9. The summed E-state index contributed by atoms with van der Waals surface area (Å²) in [5.41, 5.74) is 1.97. The summed E-state index contributed by atoms with van der Waals surface area (Å²) in [6, 6.07) is 14.5. The van der Waals surface area contributed by atoms with Crippen LogP contribution in [-0.4, -0.2) is 70.1 Å². The van der Waals surface area contributed by atoms with Crippen molar-refractivity contribution in [2.24, 2.45) is 0 Å². The largest absolute Gasteiger partial charge is 0.484 e. The fraction of sp³-hybridized carbons (Fsp3) is 0.448. The molecule has 0 aliphatic rings. The number of rotatable bonds is 17. The van der Waals surface area contributed by atoms with Crippen LogP contribution in [0, 0.1) is 0 Å². The lowest BCUT2D eigenvalue weighted by Gasteiger charge is -2.24. The van der Waals surface area contributed by atoms with Gasteiger partial charge >= 0.3 is 0 Å². The average Bonchev–Trinajstić information content (AvgIpc) is 2.94. The number of nitrogens with one attached hydrogen (secondary N) is 4. The van der Waals surface area contributed by atoms with E-state index in [0.29, 0.717) is 50.3 Å². The van der Waals surface area contributed by atoms with Crippen molar-refractivity contribution in [3.05, 3.63) is 54.1 Å². The van der Waals surface area contributed by atoms with Crippen LogP contribution in [-0.2, 0) is 19.1 Å². The number of hydrogen-bond acceptors (Lipinski definition) is 6. The van der Waals surface area contributed by atoms with E-state index >= 15 is 0 Å². The van der Waals surface area contributed by atoms with Crippen molar-refractivity contribution in [3.63, 3.8) is 0 Å². The second-order valence-electron chi connectivity index (χ2n) is 9.82. The molecule has 40 heavy (non-hydrogen) atoms. The topological polar surface area (TPSA) is 135 Å². The maximum atomic E-state index is 12.6. The van der Waals surface area contributed by atoms with Crippen LogP contribution < -0.4 is 25.9 Å². The van der Waals surface area contributed by atoms with Crippen molar-refractivity contribution in [2.45, 2.75) is 52.1 Å². The van der Waals surface area contributed by atoms with Crippen molar-refractivity contribution in [3.8, 4) is 16.9 Å². The average molecular weight is 552 g/mol. The fourth-order valence-corrected chi connectivity index (χ4v) is 3.85. The Bertz CT molecular complexity index is 1120. The first-order chi connectivity index (χ1) is 19.1. The van der Waals surface area contributed by atoms with Gasteiger partial charge in [-0.2, -0.15) is 0 Å². The van der Waals surface area contributed by atoms with E-state index < -0.39 is 0 Å². The summed E-state index contributed by atoms with van der Waals surface area (Å²) in [5, 5.41) is 10.9. The minimum absolute atomic E-state index is 0.0828. The standard InChI is InChI=1S/C29H41BN4O6/c1-4-40-29(2,3)15-16-31-27(37)20-39-24-13-11-21(12-14-24)22-7-5-8-23(19-22)28(38)33-18-17-32-25(35)9-6-10-26(36)34-30/h5,7-8,11-14,19H,4,6,9-10,15-18,20,30H2,1-3H3,(H,31,37)(H,32,35)(H,33,38)(H,34,36). The summed E-state index contributed by atoms with van der Waals surface area (Å²) in [5.74, 6) is -0.129. The molecular formula is C29H41BN4O6. The molecule has 10 nitrogen and oxygen atoms in total. The first kappa shape index (κ1) is 32.4. The molecule has 0 atom stereocenters. The highest BCUT2D eigenvalue weighted by atomic mass is 16.5. The van der Waals surface area contributed by atoms with Crippen molar-refractivity contribution < 1.29 is 28.7 Å². The predicted molar refractivity (Wildman–Crippen MR) is 157 cm³/mol. The van der Waals surface area contributed by atoms with Crippen LogP contribution in [0.5, 0.6) is 5.75 Å². The Morgan fingerprint density at radius 1 is 0.825 bits per heavy atom. The molecule has 11 heteroatoms. The molecule has 0 bridgehead atoms. The molecule has 4 amide bonds. The van der Waals surface area contributed by atoms with Crippen LogP contribution >= 0.6 is 0 Å². The van der Waals surface area contributed by atoms with Gasteiger partial charge in [0.05, 0.1) is 5.60 Å². The van der Waals surface area contributed by atoms with Gasteiger partial charge in [-0.3, -0.25) is 19.2 Å². The minimum Gasteiger partial charge on any atom is -0.484 e. The molecular weight excluding hydrogens is 511 g/mol. The van der Waals surface area contributed by atoms with Gasteiger partial charge in [-0.05, 0) is 69.0 Å². The number of hydrogen-bond donors (Lipinski definition) is 4. The maximum absolute atomic E-state index is 12.6. The molecule has 0 fully saturated rings. The fourth-order valence-electron chi connectivity index (χ4n) is 3.85. The third-order valence-electron chi connectivity index (χ3n) is 6.09. The van der Waals surface area contributed by atoms with E-state index in [4.69, 9.17) is 9.47 Å². The van der Waals surface area contributed by atoms with Gasteiger partial charge in [0.15, 0.2) is 6.61 Å². The highest BCUT2D eigenvalue weighted by molar-refractivity contribution is 6.14. The smallest absolute Gasteiger partial charge is 0.257 e. The monoisotopic (exact) mass is 552 g/mol. The van der Waals surface area contributed by atoms with E-state index in [1.807, 2.05) is 39.0 Å². The minimum atomic E-state index is -0.287. The maximum Gasteiger partial charge on any atom is 0.257 e. The van der Waals surface area contributed by atoms with Crippen LogP contribution in [0.3, 0.4) is 0 Å². The second kappa shape index (κ2) is 17.0. The van der Waals surface area contributed by atoms with Gasteiger partial charge in [-0.15, -0.1) is 0 Å². The summed E-state index contributed by atoms with van der Waals surface area (Å²) in [4.78, 5) is 47.7. The third-order valence-corrected chi connectivity index (χ3v) is 6.09. The van der Waals surface area contributed by atoms with Crippen LogP contribution in [0.1, 0.15) is 56.8 Å². The SMILES string of the molecule is BNC(=O)CCCC(=O)NCCNC(=O)c1cccc(-c2ccc(OCC(=O)NCCC(C)(C)OCC)cc2)c1. The quantitative estimate of drug-likeness (QED) is 0.175. The van der Waals surface area contributed by atoms with Gasteiger partial charge in [0.1, 0.15) is 5.75 Å². The van der Waals surface area contributed by atoms with Gasteiger partial charge in [0.2, 0.25) is 19.8 Å². The zero-order valence-electron chi connectivity index (χ0n) is 23.9. The molecule has 4 N–H and O–H groups in total. The Morgan fingerprint density at radius 3 is 2.20 bits per heavy atom. The number of amides is 4. The Labute approximate surface area is 237 Å². The Hall–Kier alpha value is -3.86. The molecule has 2 aromatic rings. The molecule has 0 aliphatic heterocycles. The van der Waals surface area contributed by atoms with Crippen LogP contribution in [0.4, 0.5) is 0 Å². The number of ether oxygens (including phenoxy) is 2. The summed E-state index contributed by atoms with van der Waals surface area (Å²) in [6.45, 7) is 7.57. The molecule has 2 rings (SSSR count). The van der Waals surface area contributed by atoms with Gasteiger partial charge in [0.25, 0.3) is 11.8 Å². The lowest BCUT2D eigenvalue weighted by atomic mass is 10.0. The van der Waals surface area contributed by atoms with E-state index in [2.05, 4.69) is 21.2 Å². The third kappa shape index (κ3) is 12.3. The molecule has 0 saturated carbocycles. The summed E-state index contributed by atoms with van der Waals surface area (Å²) >= 11 is 0. The molecule has 0 radical (unpaired) electrons. The lowest BCUT2D eigenvalue weighted by molar-refractivity contribution is -0.124. The Balaban J connectivity index is 1.76. The number of carbonyl (C=O) groups is 4. The normalized spacial score (nSPS) is 10.9.